The van der Waals surface area contributed by atoms with E-state index < -0.39 is 0 Å². The maximum atomic E-state index is 6.99. The van der Waals surface area contributed by atoms with E-state index >= 15 is 0 Å². The van der Waals surface area contributed by atoms with E-state index in [4.69, 9.17) is 23.8 Å². The molecule has 7 nitrogen and oxygen atoms in total. The normalized spacial score (nSPS) is 12.0. The van der Waals surface area contributed by atoms with Gasteiger partial charge in [0.1, 0.15) is 16.7 Å². The zero-order valence-electron chi connectivity index (χ0n) is 37.4. The van der Waals surface area contributed by atoms with E-state index in [0.29, 0.717) is 17.6 Å². The van der Waals surface area contributed by atoms with Crippen LogP contribution in [0.3, 0.4) is 0 Å². The minimum absolute atomic E-state index is 0.504. The van der Waals surface area contributed by atoms with Gasteiger partial charge in [0, 0.05) is 54.2 Å². The number of benzene rings is 10. The van der Waals surface area contributed by atoms with Gasteiger partial charge < -0.3 is 13.4 Å². The van der Waals surface area contributed by atoms with Gasteiger partial charge in [-0.25, -0.2) is 4.98 Å². The van der Waals surface area contributed by atoms with Gasteiger partial charge in [0.25, 0.3) is 0 Å². The van der Waals surface area contributed by atoms with Crippen molar-refractivity contribution in [3.63, 3.8) is 0 Å². The van der Waals surface area contributed by atoms with E-state index in [0.717, 1.165) is 121 Å². The predicted molar refractivity (Wildman–Crippen MR) is 285 cm³/mol. The fraction of sp³-hybridized carbons (Fsp3) is 0. The van der Waals surface area contributed by atoms with Gasteiger partial charge >= 0.3 is 0 Å². The summed E-state index contributed by atoms with van der Waals surface area (Å²) < 4.78 is 18.0. The lowest BCUT2D eigenvalue weighted by Crippen LogP contribution is -2.07. The van der Waals surface area contributed by atoms with Crippen LogP contribution in [0.5, 0.6) is 0 Å². The molecule has 10 aromatic carbocycles. The molecule has 70 heavy (non-hydrogen) atoms. The standard InChI is InChI=1S/C63H37N5O2/c1-3-16-38(17-4-1)40-20-15-21-41(34-40)43-35-51-47-25-10-14-29-56(47)70-60(51)54(36-43)67-52-26-11-7-22-44(52)49-32-33-50-45-23-8-12-27-53(45)68(59(50)58(49)67)63-65-61(39-18-5-2-6-19-39)64-62(66-63)42-30-31-48-46-24-9-13-28-55(46)69-57(48)37-42/h1-37H. The molecule has 7 heteroatoms. The summed E-state index contributed by atoms with van der Waals surface area (Å²) in [7, 11) is 0. The fourth-order valence-corrected chi connectivity index (χ4v) is 10.8. The van der Waals surface area contributed by atoms with Crippen molar-refractivity contribution in [1.29, 1.82) is 0 Å². The number of hydrogen-bond acceptors (Lipinski definition) is 5. The molecule has 0 amide bonds. The Labute approximate surface area is 399 Å². The lowest BCUT2D eigenvalue weighted by molar-refractivity contribution is 0.666. The Bertz CT molecular complexity index is 4600. The Morgan fingerprint density at radius 1 is 0.286 bits per heavy atom. The van der Waals surface area contributed by atoms with Gasteiger partial charge in [0.15, 0.2) is 17.2 Å². The Hall–Kier alpha value is -9.59. The van der Waals surface area contributed by atoms with E-state index in [1.54, 1.807) is 0 Å². The fourth-order valence-electron chi connectivity index (χ4n) is 10.8. The van der Waals surface area contributed by atoms with Crippen LogP contribution in [-0.4, -0.2) is 24.1 Å². The SMILES string of the molecule is c1ccc(-c2cccc(-c3cc(-n4c5ccccc5c5ccc6c7ccccc7n(-c7nc(-c8ccccc8)nc(-c8ccc9c(c8)oc8ccccc89)n7)c6c54)c4oc5ccccc5c4c3)c2)cc1. The monoisotopic (exact) mass is 895 g/mol. The van der Waals surface area contributed by atoms with Gasteiger partial charge in [-0.1, -0.05) is 170 Å². The summed E-state index contributed by atoms with van der Waals surface area (Å²) in [5.41, 5.74) is 14.4. The zero-order chi connectivity index (χ0) is 45.9. The molecule has 0 N–H and O–H groups in total. The van der Waals surface area contributed by atoms with Gasteiger partial charge in [-0.3, -0.25) is 4.57 Å². The van der Waals surface area contributed by atoms with Crippen LogP contribution < -0.4 is 0 Å². The maximum absolute atomic E-state index is 6.99. The molecule has 0 radical (unpaired) electrons. The smallest absolute Gasteiger partial charge is 0.238 e. The first kappa shape index (κ1) is 38.5. The van der Waals surface area contributed by atoms with Crippen LogP contribution in [0.2, 0.25) is 0 Å². The number of nitrogens with zero attached hydrogens (tertiary/aromatic N) is 5. The highest BCUT2D eigenvalue weighted by atomic mass is 16.3. The number of furan rings is 2. The Morgan fingerprint density at radius 3 is 1.51 bits per heavy atom. The summed E-state index contributed by atoms with van der Waals surface area (Å²) in [4.78, 5) is 16.0. The van der Waals surface area contributed by atoms with Crippen LogP contribution in [0.4, 0.5) is 0 Å². The van der Waals surface area contributed by atoms with E-state index in [1.165, 1.54) is 5.56 Å². The molecule has 0 spiro atoms. The van der Waals surface area contributed by atoms with Crippen LogP contribution in [0.25, 0.3) is 144 Å². The van der Waals surface area contributed by atoms with Crippen molar-refractivity contribution in [1.82, 2.24) is 24.1 Å². The summed E-state index contributed by atoms with van der Waals surface area (Å²) in [5, 5.41) is 8.60. The molecule has 5 aromatic heterocycles. The molecule has 0 saturated heterocycles. The minimum atomic E-state index is 0.504. The van der Waals surface area contributed by atoms with Crippen molar-refractivity contribution in [2.75, 3.05) is 0 Å². The summed E-state index contributed by atoms with van der Waals surface area (Å²) in [6, 6.07) is 78.6. The van der Waals surface area contributed by atoms with Crippen molar-refractivity contribution in [2.24, 2.45) is 0 Å². The topological polar surface area (TPSA) is 74.8 Å². The molecule has 5 heterocycles. The summed E-state index contributed by atoms with van der Waals surface area (Å²) in [5.74, 6) is 1.61. The molecule has 0 fully saturated rings. The van der Waals surface area contributed by atoms with Crippen molar-refractivity contribution in [3.05, 3.63) is 224 Å². The summed E-state index contributed by atoms with van der Waals surface area (Å²) in [6.45, 7) is 0. The Kier molecular flexibility index (Phi) is 8.23. The lowest BCUT2D eigenvalue weighted by atomic mass is 9.97. The van der Waals surface area contributed by atoms with Crippen LogP contribution in [-0.2, 0) is 0 Å². The molecule has 0 bridgehead atoms. The largest absolute Gasteiger partial charge is 0.456 e. The number of hydrogen-bond donors (Lipinski definition) is 0. The first-order chi connectivity index (χ1) is 34.7. The van der Waals surface area contributed by atoms with Crippen LogP contribution in [0.15, 0.2) is 233 Å². The third-order valence-corrected chi connectivity index (χ3v) is 14.0. The van der Waals surface area contributed by atoms with Crippen LogP contribution in [0.1, 0.15) is 0 Å². The minimum Gasteiger partial charge on any atom is -0.456 e. The quantitative estimate of drug-likeness (QED) is 0.166. The van der Waals surface area contributed by atoms with Gasteiger partial charge in [-0.2, -0.15) is 9.97 Å². The third kappa shape index (κ3) is 5.79. The average molecular weight is 896 g/mol. The van der Waals surface area contributed by atoms with Gasteiger partial charge in [0.2, 0.25) is 5.95 Å². The highest BCUT2D eigenvalue weighted by Gasteiger charge is 2.26. The number of para-hydroxylation sites is 4. The summed E-state index contributed by atoms with van der Waals surface area (Å²) in [6.07, 6.45) is 0. The van der Waals surface area contributed by atoms with Crippen molar-refractivity contribution in [2.45, 2.75) is 0 Å². The molecular formula is C63H37N5O2. The Morgan fingerprint density at radius 2 is 0.800 bits per heavy atom. The number of rotatable bonds is 6. The van der Waals surface area contributed by atoms with Crippen molar-refractivity contribution < 1.29 is 8.83 Å². The first-order valence-electron chi connectivity index (χ1n) is 23.5. The van der Waals surface area contributed by atoms with Crippen molar-refractivity contribution in [3.8, 4) is 56.7 Å². The Balaban J connectivity index is 1.06. The molecule has 0 aliphatic heterocycles. The molecule has 15 aromatic rings. The van der Waals surface area contributed by atoms with Crippen LogP contribution >= 0.6 is 0 Å². The number of fused-ring (bicyclic) bond motifs is 13. The predicted octanol–water partition coefficient (Wildman–Crippen LogP) is 16.5. The van der Waals surface area contributed by atoms with E-state index in [1.807, 2.05) is 48.5 Å². The van der Waals surface area contributed by atoms with E-state index in [-0.39, 0.29) is 0 Å². The second kappa shape index (κ2) is 15.0. The first-order valence-corrected chi connectivity index (χ1v) is 23.5. The zero-order valence-corrected chi connectivity index (χ0v) is 37.4. The van der Waals surface area contributed by atoms with E-state index in [2.05, 4.69) is 185 Å². The molecule has 0 saturated carbocycles. The highest BCUT2D eigenvalue weighted by molar-refractivity contribution is 6.24. The molecule has 0 atom stereocenters. The third-order valence-electron chi connectivity index (χ3n) is 14.0. The second-order valence-electron chi connectivity index (χ2n) is 17.9. The molecule has 0 aliphatic carbocycles. The lowest BCUT2D eigenvalue weighted by Gasteiger charge is -2.15. The van der Waals surface area contributed by atoms with Gasteiger partial charge in [0.05, 0.1) is 27.8 Å². The van der Waals surface area contributed by atoms with Gasteiger partial charge in [-0.15, -0.1) is 0 Å². The second-order valence-corrected chi connectivity index (χ2v) is 17.9. The molecule has 15 rings (SSSR count). The molecule has 326 valence electrons. The number of aromatic nitrogens is 5. The average Bonchev–Trinajstić information content (AvgIpc) is 4.19. The molecular weight excluding hydrogens is 859 g/mol. The van der Waals surface area contributed by atoms with E-state index in [9.17, 15) is 0 Å². The maximum Gasteiger partial charge on any atom is 0.238 e. The highest BCUT2D eigenvalue weighted by Crippen LogP contribution is 2.45. The van der Waals surface area contributed by atoms with Crippen LogP contribution in [0, 0.1) is 0 Å². The molecule has 0 unspecified atom stereocenters. The van der Waals surface area contributed by atoms with Crippen molar-refractivity contribution >= 4 is 87.5 Å². The van der Waals surface area contributed by atoms with Gasteiger partial charge in [-0.05, 0) is 76.9 Å². The summed E-state index contributed by atoms with van der Waals surface area (Å²) >= 11 is 0. The molecule has 0 aliphatic rings.